The Labute approximate surface area is 162 Å². The first-order chi connectivity index (χ1) is 13.0. The smallest absolute Gasteiger partial charge is 0.163 e. The lowest BCUT2D eigenvalue weighted by atomic mass is 9.96. The molecule has 0 aromatic heterocycles. The summed E-state index contributed by atoms with van der Waals surface area (Å²) in [6.07, 6.45) is 2.29. The Morgan fingerprint density at radius 1 is 1.07 bits per heavy atom. The van der Waals surface area contributed by atoms with E-state index in [0.29, 0.717) is 12.8 Å². The van der Waals surface area contributed by atoms with Crippen LogP contribution in [0.5, 0.6) is 0 Å². The second kappa shape index (κ2) is 10.9. The first-order valence-electron chi connectivity index (χ1n) is 9.23. The highest BCUT2D eigenvalue weighted by Gasteiger charge is 2.46. The summed E-state index contributed by atoms with van der Waals surface area (Å²) in [7, 11) is 3.21. The van der Waals surface area contributed by atoms with E-state index in [2.05, 4.69) is 6.58 Å². The van der Waals surface area contributed by atoms with Gasteiger partial charge in [0.25, 0.3) is 0 Å². The molecule has 0 radical (unpaired) electrons. The van der Waals surface area contributed by atoms with Crippen LogP contribution in [0.3, 0.4) is 0 Å². The molecule has 1 heterocycles. The number of methoxy groups -OCH3 is 2. The maximum Gasteiger partial charge on any atom is 0.163 e. The third-order valence-corrected chi connectivity index (χ3v) is 4.36. The monoisotopic (exact) mass is 380 g/mol. The van der Waals surface area contributed by atoms with Crippen molar-refractivity contribution in [3.63, 3.8) is 0 Å². The van der Waals surface area contributed by atoms with Crippen LogP contribution in [0, 0.1) is 0 Å². The van der Waals surface area contributed by atoms with Crippen molar-refractivity contribution >= 4 is 0 Å². The summed E-state index contributed by atoms with van der Waals surface area (Å²) < 4.78 is 34.4. The molecule has 1 aliphatic rings. The zero-order chi connectivity index (χ0) is 19.7. The van der Waals surface area contributed by atoms with Gasteiger partial charge in [0, 0.05) is 20.6 Å². The van der Waals surface area contributed by atoms with E-state index >= 15 is 0 Å². The van der Waals surface area contributed by atoms with E-state index in [-0.39, 0.29) is 38.0 Å². The lowest BCUT2D eigenvalue weighted by molar-refractivity contribution is -0.171. The van der Waals surface area contributed by atoms with Crippen LogP contribution < -0.4 is 0 Å². The molecule has 6 heteroatoms. The normalized spacial score (nSPS) is 23.9. The number of benzene rings is 1. The minimum Gasteiger partial charge on any atom is -0.359 e. The maximum absolute atomic E-state index is 6.24. The lowest BCUT2D eigenvalue weighted by Gasteiger charge is -2.28. The van der Waals surface area contributed by atoms with Crippen LogP contribution in [0.1, 0.15) is 38.4 Å². The van der Waals surface area contributed by atoms with Crippen LogP contribution in [0.25, 0.3) is 0 Å². The highest BCUT2D eigenvalue weighted by molar-refractivity contribution is 5.19. The van der Waals surface area contributed by atoms with Gasteiger partial charge in [-0.15, -0.1) is 6.58 Å². The zero-order valence-corrected chi connectivity index (χ0v) is 16.8. The van der Waals surface area contributed by atoms with Gasteiger partial charge in [0.1, 0.15) is 25.8 Å². The highest BCUT2D eigenvalue weighted by Crippen LogP contribution is 2.39. The summed E-state index contributed by atoms with van der Waals surface area (Å²) in [5, 5.41) is 0. The molecule has 1 aromatic rings. The second-order valence-electron chi connectivity index (χ2n) is 7.00. The SMILES string of the molecule is C=CC[C@@H](C[C@H]1OC(C)(C)O[C@@H]1[C@H](OCOC)c1ccccc1)OCOC. The Morgan fingerprint density at radius 3 is 2.37 bits per heavy atom. The lowest BCUT2D eigenvalue weighted by Crippen LogP contribution is -2.35. The topological polar surface area (TPSA) is 55.4 Å². The fraction of sp³-hybridized carbons (Fsp3) is 0.619. The van der Waals surface area contributed by atoms with Crippen LogP contribution in [-0.2, 0) is 28.4 Å². The highest BCUT2D eigenvalue weighted by atomic mass is 16.8. The second-order valence-corrected chi connectivity index (χ2v) is 7.00. The average Bonchev–Trinajstić information content (AvgIpc) is 2.95. The third-order valence-electron chi connectivity index (χ3n) is 4.36. The van der Waals surface area contributed by atoms with Gasteiger partial charge < -0.3 is 28.4 Å². The predicted molar refractivity (Wildman–Crippen MR) is 102 cm³/mol. The number of rotatable bonds is 12. The van der Waals surface area contributed by atoms with Gasteiger partial charge in [0.2, 0.25) is 0 Å². The molecule has 0 amide bonds. The molecule has 4 atom stereocenters. The minimum absolute atomic E-state index is 0.0775. The van der Waals surface area contributed by atoms with Crippen molar-refractivity contribution in [2.75, 3.05) is 27.8 Å². The molecular formula is C21H32O6. The molecule has 0 saturated carbocycles. The summed E-state index contributed by atoms with van der Waals surface area (Å²) in [6.45, 7) is 8.04. The van der Waals surface area contributed by atoms with Crippen molar-refractivity contribution in [2.45, 2.75) is 56.9 Å². The quantitative estimate of drug-likeness (QED) is 0.406. The van der Waals surface area contributed by atoms with Crippen molar-refractivity contribution in [3.05, 3.63) is 48.6 Å². The van der Waals surface area contributed by atoms with Crippen LogP contribution in [-0.4, -0.2) is 51.9 Å². The number of hydrogen-bond donors (Lipinski definition) is 0. The molecule has 0 aliphatic carbocycles. The molecular weight excluding hydrogens is 348 g/mol. The van der Waals surface area contributed by atoms with Gasteiger partial charge in [-0.05, 0) is 25.8 Å². The number of hydrogen-bond acceptors (Lipinski definition) is 6. The van der Waals surface area contributed by atoms with Gasteiger partial charge in [-0.2, -0.15) is 0 Å². The van der Waals surface area contributed by atoms with E-state index < -0.39 is 5.79 Å². The summed E-state index contributed by atoms with van der Waals surface area (Å²) in [5.74, 6) is -0.710. The van der Waals surface area contributed by atoms with Crippen molar-refractivity contribution in [3.8, 4) is 0 Å². The van der Waals surface area contributed by atoms with Crippen molar-refractivity contribution < 1.29 is 28.4 Å². The van der Waals surface area contributed by atoms with Crippen molar-refractivity contribution in [1.82, 2.24) is 0 Å². The Morgan fingerprint density at radius 2 is 1.74 bits per heavy atom. The molecule has 27 heavy (non-hydrogen) atoms. The summed E-state index contributed by atoms with van der Waals surface area (Å²) in [4.78, 5) is 0. The molecule has 0 spiro atoms. The van der Waals surface area contributed by atoms with Crippen molar-refractivity contribution in [1.29, 1.82) is 0 Å². The molecule has 0 bridgehead atoms. The standard InChI is InChI=1S/C21H32O6/c1-6-10-17(24-14-22-4)13-18-20(27-21(2,3)26-18)19(25-15-23-5)16-11-8-7-9-12-16/h6-9,11-12,17-20H,1,10,13-15H2,2-5H3/t17-,18+,19+,20-/m0/s1. The van der Waals surface area contributed by atoms with Crippen molar-refractivity contribution in [2.24, 2.45) is 0 Å². The molecule has 0 N–H and O–H groups in total. The Hall–Kier alpha value is -1.28. The molecule has 1 fully saturated rings. The van der Waals surface area contributed by atoms with Crippen LogP contribution in [0.4, 0.5) is 0 Å². The van der Waals surface area contributed by atoms with Gasteiger partial charge in [-0.3, -0.25) is 0 Å². The Kier molecular flexibility index (Phi) is 8.89. The van der Waals surface area contributed by atoms with Gasteiger partial charge >= 0.3 is 0 Å². The van der Waals surface area contributed by atoms with E-state index in [1.165, 1.54) is 0 Å². The molecule has 0 unspecified atom stereocenters. The van der Waals surface area contributed by atoms with Crippen LogP contribution in [0.2, 0.25) is 0 Å². The van der Waals surface area contributed by atoms with E-state index in [9.17, 15) is 0 Å². The molecule has 152 valence electrons. The largest absolute Gasteiger partial charge is 0.359 e. The zero-order valence-electron chi connectivity index (χ0n) is 16.8. The van der Waals surface area contributed by atoms with Gasteiger partial charge in [0.05, 0.1) is 12.2 Å². The third kappa shape index (κ3) is 6.68. The first-order valence-corrected chi connectivity index (χ1v) is 9.23. The predicted octanol–water partition coefficient (Wildman–Crippen LogP) is 3.82. The van der Waals surface area contributed by atoms with E-state index in [4.69, 9.17) is 28.4 Å². The molecule has 2 rings (SSSR count). The van der Waals surface area contributed by atoms with E-state index in [0.717, 1.165) is 5.56 Å². The Bertz CT molecular complexity index is 547. The van der Waals surface area contributed by atoms with Gasteiger partial charge in [-0.1, -0.05) is 36.4 Å². The average molecular weight is 380 g/mol. The van der Waals surface area contributed by atoms with E-state index in [1.807, 2.05) is 50.3 Å². The summed E-state index contributed by atoms with van der Waals surface area (Å²) in [5.41, 5.74) is 1.02. The van der Waals surface area contributed by atoms with Gasteiger partial charge in [-0.25, -0.2) is 0 Å². The fourth-order valence-electron chi connectivity index (χ4n) is 3.31. The van der Waals surface area contributed by atoms with Gasteiger partial charge in [0.15, 0.2) is 5.79 Å². The minimum atomic E-state index is -0.710. The Balaban J connectivity index is 2.21. The molecule has 1 saturated heterocycles. The maximum atomic E-state index is 6.24. The summed E-state index contributed by atoms with van der Waals surface area (Å²) >= 11 is 0. The number of ether oxygens (including phenoxy) is 6. The van der Waals surface area contributed by atoms with E-state index in [1.54, 1.807) is 14.2 Å². The molecule has 1 aromatic carbocycles. The molecule has 1 aliphatic heterocycles. The molecule has 6 nitrogen and oxygen atoms in total. The summed E-state index contributed by atoms with van der Waals surface area (Å²) in [6, 6.07) is 9.99. The fourth-order valence-corrected chi connectivity index (χ4v) is 3.31. The van der Waals surface area contributed by atoms with Crippen LogP contribution >= 0.6 is 0 Å². The van der Waals surface area contributed by atoms with Crippen LogP contribution in [0.15, 0.2) is 43.0 Å². The first kappa shape index (κ1) is 22.0.